The zero-order valence-electron chi connectivity index (χ0n) is 5.65. The molecule has 0 amide bonds. The summed E-state index contributed by atoms with van der Waals surface area (Å²) in [6.45, 7) is 0. The topological polar surface area (TPSA) is 80.7 Å². The van der Waals surface area contributed by atoms with Crippen molar-refractivity contribution in [1.29, 1.82) is 0 Å². The lowest BCUT2D eigenvalue weighted by molar-refractivity contribution is -0.139. The van der Waals surface area contributed by atoms with E-state index in [1.54, 1.807) is 0 Å². The molecule has 7 heteroatoms. The molecule has 5 nitrogen and oxygen atoms in total. The molecule has 0 aromatic heterocycles. The number of hydrogen-bond acceptors (Lipinski definition) is 4. The molecule has 0 fully saturated rings. The van der Waals surface area contributed by atoms with Gasteiger partial charge < -0.3 is 4.74 Å². The van der Waals surface area contributed by atoms with Crippen molar-refractivity contribution in [2.75, 3.05) is 12.9 Å². The maximum Gasteiger partial charge on any atom is 0.324 e. The Bertz CT molecular complexity index is 233. The molecule has 0 heterocycles. The van der Waals surface area contributed by atoms with Crippen molar-refractivity contribution in [3.05, 3.63) is 0 Å². The SMILES string of the molecule is COC(=O)C(Cl)CS(=O)(=O)O. The van der Waals surface area contributed by atoms with Gasteiger partial charge in [-0.2, -0.15) is 8.42 Å². The number of hydrogen-bond donors (Lipinski definition) is 1. The van der Waals surface area contributed by atoms with E-state index in [0.29, 0.717) is 0 Å². The molecule has 0 aliphatic heterocycles. The molecular formula is C4H7ClO5S. The number of alkyl halides is 1. The third-order valence-corrected chi connectivity index (χ3v) is 2.08. The summed E-state index contributed by atoms with van der Waals surface area (Å²) in [5, 5.41) is -1.35. The molecule has 66 valence electrons. The van der Waals surface area contributed by atoms with Gasteiger partial charge >= 0.3 is 5.97 Å². The number of halogens is 1. The van der Waals surface area contributed by atoms with Crippen LogP contribution in [0.5, 0.6) is 0 Å². The van der Waals surface area contributed by atoms with Crippen LogP contribution in [-0.4, -0.2) is 37.2 Å². The van der Waals surface area contributed by atoms with Crippen LogP contribution in [0, 0.1) is 0 Å². The highest BCUT2D eigenvalue weighted by Crippen LogP contribution is 2.01. The molecule has 0 bridgehead atoms. The minimum Gasteiger partial charge on any atom is -0.468 e. The quantitative estimate of drug-likeness (QED) is 0.385. The van der Waals surface area contributed by atoms with Gasteiger partial charge in [0.25, 0.3) is 10.1 Å². The van der Waals surface area contributed by atoms with E-state index in [-0.39, 0.29) is 0 Å². The van der Waals surface area contributed by atoms with Crippen LogP contribution in [0.3, 0.4) is 0 Å². The summed E-state index contributed by atoms with van der Waals surface area (Å²) in [4.78, 5) is 10.5. The summed E-state index contributed by atoms with van der Waals surface area (Å²) in [6.07, 6.45) is 0. The monoisotopic (exact) mass is 202 g/mol. The van der Waals surface area contributed by atoms with Gasteiger partial charge in [0, 0.05) is 0 Å². The number of carbonyl (C=O) groups is 1. The highest BCUT2D eigenvalue weighted by molar-refractivity contribution is 7.85. The molecule has 0 aliphatic carbocycles. The van der Waals surface area contributed by atoms with Crippen molar-refractivity contribution >= 4 is 27.7 Å². The second-order valence-electron chi connectivity index (χ2n) is 1.74. The van der Waals surface area contributed by atoms with E-state index in [1.807, 2.05) is 0 Å². The van der Waals surface area contributed by atoms with Gasteiger partial charge in [0.05, 0.1) is 7.11 Å². The largest absolute Gasteiger partial charge is 0.468 e. The van der Waals surface area contributed by atoms with Crippen LogP contribution >= 0.6 is 11.6 Å². The van der Waals surface area contributed by atoms with Gasteiger partial charge in [-0.05, 0) is 0 Å². The lowest BCUT2D eigenvalue weighted by atomic mass is 10.5. The summed E-state index contributed by atoms with van der Waals surface area (Å²) in [5.74, 6) is -1.72. The molecule has 11 heavy (non-hydrogen) atoms. The summed E-state index contributed by atoms with van der Waals surface area (Å²) in [5.41, 5.74) is 0. The van der Waals surface area contributed by atoms with Crippen molar-refractivity contribution in [3.8, 4) is 0 Å². The summed E-state index contributed by atoms with van der Waals surface area (Å²) >= 11 is 5.20. The van der Waals surface area contributed by atoms with Crippen LogP contribution in [-0.2, 0) is 19.6 Å². The lowest BCUT2D eigenvalue weighted by Gasteiger charge is -2.03. The highest BCUT2D eigenvalue weighted by Gasteiger charge is 2.22. The van der Waals surface area contributed by atoms with Crippen molar-refractivity contribution < 1.29 is 22.5 Å². The van der Waals surface area contributed by atoms with E-state index < -0.39 is 27.2 Å². The fraction of sp³-hybridized carbons (Fsp3) is 0.750. The molecule has 0 aromatic rings. The predicted molar refractivity (Wildman–Crippen MR) is 38.1 cm³/mol. The number of carbonyl (C=O) groups excluding carboxylic acids is 1. The Morgan fingerprint density at radius 3 is 2.45 bits per heavy atom. The molecule has 0 spiro atoms. The Labute approximate surface area is 69.0 Å². The smallest absolute Gasteiger partial charge is 0.324 e. The standard InChI is InChI=1S/C4H7ClO5S/c1-10-4(6)3(5)2-11(7,8)9/h3H,2H2,1H3,(H,7,8,9). The van der Waals surface area contributed by atoms with E-state index in [4.69, 9.17) is 16.2 Å². The number of esters is 1. The van der Waals surface area contributed by atoms with Crippen LogP contribution in [0.4, 0.5) is 0 Å². The summed E-state index contributed by atoms with van der Waals surface area (Å²) in [6, 6.07) is 0. The van der Waals surface area contributed by atoms with E-state index in [2.05, 4.69) is 4.74 Å². The first-order chi connectivity index (χ1) is 4.87. The maximum absolute atomic E-state index is 10.5. The molecule has 0 saturated carbocycles. The second kappa shape index (κ2) is 3.89. The fourth-order valence-electron chi connectivity index (χ4n) is 0.381. The minimum absolute atomic E-state index is 0.832. The zero-order chi connectivity index (χ0) is 9.07. The number of ether oxygens (including phenoxy) is 1. The van der Waals surface area contributed by atoms with Gasteiger partial charge in [-0.25, -0.2) is 0 Å². The first kappa shape index (κ1) is 10.7. The predicted octanol–water partition coefficient (Wildman–Crippen LogP) is -0.345. The second-order valence-corrected chi connectivity index (χ2v) is 3.76. The Morgan fingerprint density at radius 1 is 1.73 bits per heavy atom. The van der Waals surface area contributed by atoms with Crippen LogP contribution < -0.4 is 0 Å². The molecular weight excluding hydrogens is 196 g/mol. The number of methoxy groups -OCH3 is 1. The average molecular weight is 203 g/mol. The highest BCUT2D eigenvalue weighted by atomic mass is 35.5. The molecule has 0 aliphatic rings. The van der Waals surface area contributed by atoms with Gasteiger partial charge in [-0.1, -0.05) is 0 Å². The van der Waals surface area contributed by atoms with Gasteiger partial charge in [-0.15, -0.1) is 11.6 Å². The Kier molecular flexibility index (Phi) is 3.77. The van der Waals surface area contributed by atoms with Gasteiger partial charge in [0.15, 0.2) is 0 Å². The van der Waals surface area contributed by atoms with E-state index in [9.17, 15) is 13.2 Å². The minimum atomic E-state index is -4.21. The van der Waals surface area contributed by atoms with Crippen molar-refractivity contribution in [1.82, 2.24) is 0 Å². The van der Waals surface area contributed by atoms with E-state index in [0.717, 1.165) is 7.11 Å². The average Bonchev–Trinajstić information content (AvgIpc) is 1.82. The van der Waals surface area contributed by atoms with Gasteiger partial charge in [-0.3, -0.25) is 9.35 Å². The molecule has 0 radical (unpaired) electrons. The van der Waals surface area contributed by atoms with Gasteiger partial charge in [0.1, 0.15) is 11.1 Å². The van der Waals surface area contributed by atoms with Crippen LogP contribution in [0.1, 0.15) is 0 Å². The molecule has 1 unspecified atom stereocenters. The molecule has 0 rings (SSSR count). The van der Waals surface area contributed by atoms with E-state index in [1.165, 1.54) is 0 Å². The normalized spacial score (nSPS) is 14.1. The van der Waals surface area contributed by atoms with Crippen LogP contribution in [0.15, 0.2) is 0 Å². The Morgan fingerprint density at radius 2 is 2.18 bits per heavy atom. The third kappa shape index (κ3) is 5.00. The van der Waals surface area contributed by atoms with Crippen molar-refractivity contribution in [2.24, 2.45) is 0 Å². The zero-order valence-corrected chi connectivity index (χ0v) is 7.22. The maximum atomic E-state index is 10.5. The number of rotatable bonds is 3. The lowest BCUT2D eigenvalue weighted by Crippen LogP contribution is -2.25. The van der Waals surface area contributed by atoms with E-state index >= 15 is 0 Å². The first-order valence-corrected chi connectivity index (χ1v) is 4.58. The summed E-state index contributed by atoms with van der Waals surface area (Å²) < 4.78 is 32.6. The Balaban J connectivity index is 4.09. The molecule has 1 atom stereocenters. The molecule has 0 aromatic carbocycles. The fourth-order valence-corrected chi connectivity index (χ4v) is 1.45. The van der Waals surface area contributed by atoms with Crippen LogP contribution in [0.25, 0.3) is 0 Å². The van der Waals surface area contributed by atoms with Gasteiger partial charge in [0.2, 0.25) is 0 Å². The molecule has 1 N–H and O–H groups in total. The Hall–Kier alpha value is -0.330. The first-order valence-electron chi connectivity index (χ1n) is 2.54. The summed E-state index contributed by atoms with van der Waals surface area (Å²) in [7, 11) is -3.14. The third-order valence-electron chi connectivity index (χ3n) is 0.814. The van der Waals surface area contributed by atoms with Crippen molar-refractivity contribution in [2.45, 2.75) is 5.38 Å². The van der Waals surface area contributed by atoms with Crippen molar-refractivity contribution in [3.63, 3.8) is 0 Å². The van der Waals surface area contributed by atoms with Crippen LogP contribution in [0.2, 0.25) is 0 Å². The molecule has 0 saturated heterocycles.